The fourth-order valence-corrected chi connectivity index (χ4v) is 3.93. The van der Waals surface area contributed by atoms with Crippen molar-refractivity contribution in [2.24, 2.45) is 0 Å². The number of quaternary nitrogens is 1. The van der Waals surface area contributed by atoms with Gasteiger partial charge in [-0.1, -0.05) is 66.7 Å². The quantitative estimate of drug-likeness (QED) is 0.576. The zero-order valence-electron chi connectivity index (χ0n) is 15.7. The molecule has 0 aliphatic carbocycles. The Morgan fingerprint density at radius 3 is 2.14 bits per heavy atom. The Hall–Kier alpha value is -2.96. The van der Waals surface area contributed by atoms with Gasteiger partial charge in [0.15, 0.2) is 6.04 Å². The van der Waals surface area contributed by atoms with Crippen molar-refractivity contribution in [3.63, 3.8) is 0 Å². The smallest absolute Gasteiger partial charge is 0.321 e. The predicted octanol–water partition coefficient (Wildman–Crippen LogP) is 2.99. The molecule has 0 aliphatic rings. The molecule has 3 aromatic rings. The first-order chi connectivity index (χ1) is 13.7. The largest absolute Gasteiger partial charge is 0.338 e. The molecule has 0 aliphatic heterocycles. The van der Waals surface area contributed by atoms with E-state index in [1.165, 1.54) is 0 Å². The minimum Gasteiger partial charge on any atom is -0.338 e. The number of thiophene rings is 1. The number of nitrogens with two attached hydrogens (primary N) is 1. The van der Waals surface area contributed by atoms with Crippen LogP contribution in [-0.2, 0) is 4.79 Å². The van der Waals surface area contributed by atoms with E-state index >= 15 is 0 Å². The number of hydrogen-bond acceptors (Lipinski definition) is 3. The number of nitrogens with one attached hydrogen (secondary N) is 2. The molecule has 2 aromatic carbocycles. The molecule has 2 atom stereocenters. The lowest BCUT2D eigenvalue weighted by Crippen LogP contribution is -2.88. The van der Waals surface area contributed by atoms with Crippen LogP contribution in [0, 0.1) is 0 Å². The Bertz CT molecular complexity index is 883. The fourth-order valence-electron chi connectivity index (χ4n) is 3.10. The summed E-state index contributed by atoms with van der Waals surface area (Å²) in [5.74, 6) is -0.338. The number of rotatable bonds is 7. The van der Waals surface area contributed by atoms with Gasteiger partial charge in [-0.2, -0.15) is 0 Å². The summed E-state index contributed by atoms with van der Waals surface area (Å²) < 4.78 is 0. The van der Waals surface area contributed by atoms with Crippen LogP contribution in [0.1, 0.15) is 35.0 Å². The maximum Gasteiger partial charge on any atom is 0.321 e. The normalized spacial score (nSPS) is 12.8. The van der Waals surface area contributed by atoms with E-state index in [0.717, 1.165) is 16.0 Å². The van der Waals surface area contributed by atoms with E-state index in [9.17, 15) is 9.59 Å². The summed E-state index contributed by atoms with van der Waals surface area (Å²) in [6.07, 6.45) is 0. The molecular weight excluding hydrogens is 370 g/mol. The number of amides is 3. The summed E-state index contributed by atoms with van der Waals surface area (Å²) in [4.78, 5) is 26.0. The average Bonchev–Trinajstić information content (AvgIpc) is 3.24. The van der Waals surface area contributed by atoms with Gasteiger partial charge < -0.3 is 10.6 Å². The maximum atomic E-state index is 13.0. The first-order valence-electron chi connectivity index (χ1n) is 9.26. The first-order valence-corrected chi connectivity index (χ1v) is 10.1. The van der Waals surface area contributed by atoms with Crippen LogP contribution in [0.3, 0.4) is 0 Å². The molecule has 3 rings (SSSR count). The number of imide groups is 1. The molecular formula is C22H24N3O2S+. The van der Waals surface area contributed by atoms with Crippen molar-refractivity contribution in [1.82, 2.24) is 10.6 Å². The summed E-state index contributed by atoms with van der Waals surface area (Å²) in [7, 11) is 0. The summed E-state index contributed by atoms with van der Waals surface area (Å²) >= 11 is 1.65. The zero-order valence-corrected chi connectivity index (χ0v) is 16.5. The van der Waals surface area contributed by atoms with Crippen LogP contribution in [0.4, 0.5) is 4.79 Å². The van der Waals surface area contributed by atoms with Crippen molar-refractivity contribution in [3.05, 3.63) is 94.2 Å². The molecule has 28 heavy (non-hydrogen) atoms. The monoisotopic (exact) mass is 394 g/mol. The van der Waals surface area contributed by atoms with Gasteiger partial charge in [-0.3, -0.25) is 10.1 Å². The van der Waals surface area contributed by atoms with E-state index in [2.05, 4.69) is 28.8 Å². The Labute approximate surface area is 168 Å². The van der Waals surface area contributed by atoms with Gasteiger partial charge in [0, 0.05) is 17.7 Å². The zero-order chi connectivity index (χ0) is 19.8. The second-order valence-electron chi connectivity index (χ2n) is 6.33. The third kappa shape index (κ3) is 5.06. The molecule has 1 aromatic heterocycles. The highest BCUT2D eigenvalue weighted by atomic mass is 32.1. The van der Waals surface area contributed by atoms with Crippen LogP contribution in [0.5, 0.6) is 0 Å². The Balaban J connectivity index is 1.92. The van der Waals surface area contributed by atoms with E-state index in [1.807, 2.05) is 72.2 Å². The van der Waals surface area contributed by atoms with E-state index in [1.54, 1.807) is 11.3 Å². The molecule has 0 fully saturated rings. The molecule has 5 nitrogen and oxygen atoms in total. The van der Waals surface area contributed by atoms with Crippen molar-refractivity contribution >= 4 is 23.3 Å². The number of benzene rings is 2. The van der Waals surface area contributed by atoms with Gasteiger partial charge in [-0.25, -0.2) is 4.79 Å². The molecule has 0 spiro atoms. The van der Waals surface area contributed by atoms with Gasteiger partial charge in [-0.15, -0.1) is 11.3 Å². The molecule has 0 saturated heterocycles. The van der Waals surface area contributed by atoms with Gasteiger partial charge in [0.2, 0.25) is 0 Å². The second-order valence-corrected chi connectivity index (χ2v) is 7.31. The molecule has 0 bridgehead atoms. The predicted molar refractivity (Wildman–Crippen MR) is 111 cm³/mol. The lowest BCUT2D eigenvalue weighted by molar-refractivity contribution is -0.713. The SMILES string of the molecule is CCNC(=O)NC(=O)[C@H]([NH2+][C@H](c1ccccc1)c1cccs1)c1ccccc1. The molecule has 0 saturated carbocycles. The third-order valence-corrected chi connectivity index (χ3v) is 5.36. The second kappa shape index (κ2) is 9.82. The molecule has 6 heteroatoms. The van der Waals surface area contributed by atoms with Crippen LogP contribution in [0.15, 0.2) is 78.2 Å². The molecule has 144 valence electrons. The van der Waals surface area contributed by atoms with Crippen LogP contribution >= 0.6 is 11.3 Å². The number of hydrogen-bond donors (Lipinski definition) is 3. The summed E-state index contributed by atoms with van der Waals surface area (Å²) in [5.41, 5.74) is 1.96. The highest BCUT2D eigenvalue weighted by Crippen LogP contribution is 2.24. The van der Waals surface area contributed by atoms with Gasteiger partial charge in [-0.05, 0) is 18.4 Å². The molecule has 0 radical (unpaired) electrons. The van der Waals surface area contributed by atoms with Crippen molar-refractivity contribution in [3.8, 4) is 0 Å². The van der Waals surface area contributed by atoms with E-state index in [-0.39, 0.29) is 11.9 Å². The summed E-state index contributed by atoms with van der Waals surface area (Å²) in [6.45, 7) is 2.27. The van der Waals surface area contributed by atoms with Gasteiger partial charge in [0.1, 0.15) is 6.04 Å². The fraction of sp³-hybridized carbons (Fsp3) is 0.182. The van der Waals surface area contributed by atoms with Crippen molar-refractivity contribution < 1.29 is 14.9 Å². The van der Waals surface area contributed by atoms with Crippen molar-refractivity contribution in [2.45, 2.75) is 19.0 Å². The van der Waals surface area contributed by atoms with Crippen LogP contribution in [0.2, 0.25) is 0 Å². The number of carbonyl (C=O) groups excluding carboxylic acids is 2. The molecule has 3 amide bonds. The van der Waals surface area contributed by atoms with Gasteiger partial charge in [0.05, 0.1) is 4.88 Å². The molecule has 1 heterocycles. The molecule has 0 unspecified atom stereocenters. The van der Waals surface area contributed by atoms with E-state index < -0.39 is 12.1 Å². The average molecular weight is 395 g/mol. The van der Waals surface area contributed by atoms with Crippen molar-refractivity contribution in [2.75, 3.05) is 6.54 Å². The Morgan fingerprint density at radius 2 is 1.57 bits per heavy atom. The van der Waals surface area contributed by atoms with Gasteiger partial charge >= 0.3 is 6.03 Å². The van der Waals surface area contributed by atoms with Crippen LogP contribution in [0.25, 0.3) is 0 Å². The standard InChI is InChI=1S/C22H23N3O2S/c1-2-23-22(27)25-21(26)20(17-12-7-4-8-13-17)24-19(18-14-9-15-28-18)16-10-5-3-6-11-16/h3-15,19-20,24H,2H2,1H3,(H2,23,25,26,27)/p+1/t19-,20-/m1/s1. The maximum absolute atomic E-state index is 13.0. The molecule has 4 N–H and O–H groups in total. The topological polar surface area (TPSA) is 74.8 Å². The number of carbonyl (C=O) groups is 2. The number of urea groups is 1. The van der Waals surface area contributed by atoms with E-state index in [0.29, 0.717) is 6.54 Å². The Morgan fingerprint density at radius 1 is 0.929 bits per heavy atom. The first kappa shape index (κ1) is 19.8. The third-order valence-electron chi connectivity index (χ3n) is 4.41. The van der Waals surface area contributed by atoms with Crippen molar-refractivity contribution in [1.29, 1.82) is 0 Å². The minimum absolute atomic E-state index is 0.0496. The lowest BCUT2D eigenvalue weighted by Gasteiger charge is -2.22. The highest BCUT2D eigenvalue weighted by Gasteiger charge is 2.31. The lowest BCUT2D eigenvalue weighted by atomic mass is 10.0. The van der Waals surface area contributed by atoms with Crippen LogP contribution < -0.4 is 16.0 Å². The van der Waals surface area contributed by atoms with Gasteiger partial charge in [0.25, 0.3) is 5.91 Å². The summed E-state index contributed by atoms with van der Waals surface area (Å²) in [5, 5.41) is 9.13. The Kier molecular flexibility index (Phi) is 6.94. The minimum atomic E-state index is -0.559. The summed E-state index contributed by atoms with van der Waals surface area (Å²) in [6, 6.07) is 22.6. The van der Waals surface area contributed by atoms with E-state index in [4.69, 9.17) is 0 Å². The highest BCUT2D eigenvalue weighted by molar-refractivity contribution is 7.10. The van der Waals surface area contributed by atoms with Crippen LogP contribution in [-0.4, -0.2) is 18.5 Å².